The standard InChI is InChI=1S/C29H30N2/c1-21-14-16-23(17-15-21)30(22-10-6-5-7-11-22)24-18-19-28-26(20-24)25-12-8-9-13-27(25)31(28)29(2,3)4/h5-10,12-20,22H,11H2,1-4H3. The van der Waals surface area contributed by atoms with E-state index in [1.807, 2.05) is 0 Å². The largest absolute Gasteiger partial charge is 0.335 e. The minimum Gasteiger partial charge on any atom is -0.335 e. The molecule has 0 radical (unpaired) electrons. The van der Waals surface area contributed by atoms with Gasteiger partial charge < -0.3 is 9.47 Å². The molecule has 0 aliphatic heterocycles. The van der Waals surface area contributed by atoms with Gasteiger partial charge in [0.1, 0.15) is 0 Å². The van der Waals surface area contributed by atoms with Crippen LogP contribution in [0.5, 0.6) is 0 Å². The monoisotopic (exact) mass is 406 g/mol. The predicted octanol–water partition coefficient (Wildman–Crippen LogP) is 7.88. The molecule has 0 bridgehead atoms. The maximum absolute atomic E-state index is 2.47. The van der Waals surface area contributed by atoms with Gasteiger partial charge in [-0.2, -0.15) is 0 Å². The van der Waals surface area contributed by atoms with Crippen LogP contribution in [0, 0.1) is 6.92 Å². The fourth-order valence-electron chi connectivity index (χ4n) is 4.83. The van der Waals surface area contributed by atoms with Crippen LogP contribution in [0.1, 0.15) is 32.8 Å². The van der Waals surface area contributed by atoms with E-state index < -0.39 is 0 Å². The van der Waals surface area contributed by atoms with E-state index in [2.05, 4.69) is 128 Å². The Bertz CT molecular complexity index is 1300. The van der Waals surface area contributed by atoms with E-state index >= 15 is 0 Å². The number of hydrogen-bond acceptors (Lipinski definition) is 1. The van der Waals surface area contributed by atoms with Crippen molar-refractivity contribution in [3.05, 3.63) is 96.6 Å². The van der Waals surface area contributed by atoms with Crippen LogP contribution in [0.15, 0.2) is 91.0 Å². The van der Waals surface area contributed by atoms with Gasteiger partial charge in [-0.15, -0.1) is 0 Å². The van der Waals surface area contributed by atoms with Crippen molar-refractivity contribution in [1.82, 2.24) is 4.57 Å². The molecule has 0 saturated heterocycles. The van der Waals surface area contributed by atoms with Gasteiger partial charge in [0.25, 0.3) is 0 Å². The lowest BCUT2D eigenvalue weighted by Gasteiger charge is -2.33. The molecule has 2 heteroatoms. The van der Waals surface area contributed by atoms with Gasteiger partial charge in [0.2, 0.25) is 0 Å². The Morgan fingerprint density at radius 1 is 0.806 bits per heavy atom. The Morgan fingerprint density at radius 2 is 1.52 bits per heavy atom. The van der Waals surface area contributed by atoms with Gasteiger partial charge in [0.05, 0.1) is 6.04 Å². The third-order valence-electron chi connectivity index (χ3n) is 6.21. The Kier molecular flexibility index (Phi) is 4.74. The molecule has 0 amide bonds. The lowest BCUT2D eigenvalue weighted by atomic mass is 10.0. The molecule has 1 aromatic heterocycles. The molecule has 3 aromatic carbocycles. The summed E-state index contributed by atoms with van der Waals surface area (Å²) in [7, 11) is 0. The third kappa shape index (κ3) is 3.46. The summed E-state index contributed by atoms with van der Waals surface area (Å²) in [6.07, 6.45) is 9.88. The minimum absolute atomic E-state index is 0.0103. The second kappa shape index (κ2) is 7.46. The number of fused-ring (bicyclic) bond motifs is 3. The number of nitrogens with zero attached hydrogens (tertiary/aromatic N) is 2. The number of rotatable bonds is 3. The van der Waals surface area contributed by atoms with E-state index in [4.69, 9.17) is 0 Å². The summed E-state index contributed by atoms with van der Waals surface area (Å²) in [5.41, 5.74) is 6.35. The van der Waals surface area contributed by atoms with Crippen LogP contribution in [-0.4, -0.2) is 10.6 Å². The van der Waals surface area contributed by atoms with E-state index in [0.29, 0.717) is 6.04 Å². The molecule has 0 N–H and O–H groups in total. The van der Waals surface area contributed by atoms with Gasteiger partial charge in [0, 0.05) is 38.7 Å². The molecule has 31 heavy (non-hydrogen) atoms. The summed E-state index contributed by atoms with van der Waals surface area (Å²) in [4.78, 5) is 2.47. The molecule has 2 nitrogen and oxygen atoms in total. The molecule has 0 saturated carbocycles. The summed E-state index contributed by atoms with van der Waals surface area (Å²) in [5, 5.41) is 2.63. The van der Waals surface area contributed by atoms with Crippen LogP contribution >= 0.6 is 0 Å². The van der Waals surface area contributed by atoms with Gasteiger partial charge in [-0.05, 0) is 70.5 Å². The SMILES string of the molecule is Cc1ccc(N(c2ccc3c(c2)c2ccccc2n3C(C)(C)C)C2C=CC=CC2)cc1. The molecule has 1 aliphatic carbocycles. The number of aryl methyl sites for hydroxylation is 1. The molecule has 0 spiro atoms. The van der Waals surface area contributed by atoms with Gasteiger partial charge >= 0.3 is 0 Å². The van der Waals surface area contributed by atoms with Crippen LogP contribution in [0.3, 0.4) is 0 Å². The molecule has 1 aliphatic rings. The summed E-state index contributed by atoms with van der Waals surface area (Å²) in [6.45, 7) is 8.99. The number of para-hydroxylation sites is 1. The van der Waals surface area contributed by atoms with Crippen LogP contribution in [0.4, 0.5) is 11.4 Å². The van der Waals surface area contributed by atoms with Gasteiger partial charge in [-0.1, -0.05) is 60.2 Å². The zero-order chi connectivity index (χ0) is 21.6. The van der Waals surface area contributed by atoms with Crippen LogP contribution in [-0.2, 0) is 5.54 Å². The smallest absolute Gasteiger partial charge is 0.0559 e. The molecule has 1 atom stereocenters. The van der Waals surface area contributed by atoms with Crippen molar-refractivity contribution in [2.75, 3.05) is 4.90 Å². The number of anilines is 2. The molecule has 5 rings (SSSR count). The van der Waals surface area contributed by atoms with Crippen molar-refractivity contribution in [3.8, 4) is 0 Å². The highest BCUT2D eigenvalue weighted by atomic mass is 15.2. The quantitative estimate of drug-likeness (QED) is 0.336. The first kappa shape index (κ1) is 19.7. The molecule has 1 heterocycles. The number of allylic oxidation sites excluding steroid dienone is 2. The Hall–Kier alpha value is -3.26. The summed E-state index contributed by atoms with van der Waals surface area (Å²) in [5.74, 6) is 0. The van der Waals surface area contributed by atoms with Crippen LogP contribution in [0.2, 0.25) is 0 Å². The highest BCUT2D eigenvalue weighted by Gasteiger charge is 2.23. The summed E-state index contributed by atoms with van der Waals surface area (Å²) in [6, 6.07) is 24.9. The van der Waals surface area contributed by atoms with Crippen molar-refractivity contribution >= 4 is 33.2 Å². The second-order valence-corrected chi connectivity index (χ2v) is 9.55. The maximum atomic E-state index is 2.47. The molecular formula is C29H30N2. The van der Waals surface area contributed by atoms with Gasteiger partial charge in [0.15, 0.2) is 0 Å². The van der Waals surface area contributed by atoms with E-state index in [-0.39, 0.29) is 5.54 Å². The lowest BCUT2D eigenvalue weighted by molar-refractivity contribution is 0.423. The predicted molar refractivity (Wildman–Crippen MR) is 134 cm³/mol. The first-order chi connectivity index (χ1) is 14.9. The zero-order valence-electron chi connectivity index (χ0n) is 18.8. The van der Waals surface area contributed by atoms with Crippen molar-refractivity contribution in [3.63, 3.8) is 0 Å². The average molecular weight is 407 g/mol. The third-order valence-corrected chi connectivity index (χ3v) is 6.21. The fourth-order valence-corrected chi connectivity index (χ4v) is 4.83. The van der Waals surface area contributed by atoms with E-state index in [1.54, 1.807) is 0 Å². The van der Waals surface area contributed by atoms with E-state index in [0.717, 1.165) is 6.42 Å². The fraction of sp³-hybridized carbons (Fsp3) is 0.241. The Balaban J connectivity index is 1.74. The molecule has 4 aromatic rings. The number of aromatic nitrogens is 1. The normalized spacial score (nSPS) is 16.3. The van der Waals surface area contributed by atoms with Crippen LogP contribution < -0.4 is 4.90 Å². The Morgan fingerprint density at radius 3 is 2.23 bits per heavy atom. The van der Waals surface area contributed by atoms with Crippen molar-refractivity contribution in [2.24, 2.45) is 0 Å². The molecule has 0 fully saturated rings. The van der Waals surface area contributed by atoms with Gasteiger partial charge in [-0.25, -0.2) is 0 Å². The summed E-state index contributed by atoms with van der Waals surface area (Å²) >= 11 is 0. The Labute approximate surface area is 185 Å². The van der Waals surface area contributed by atoms with Crippen LogP contribution in [0.25, 0.3) is 21.8 Å². The zero-order valence-corrected chi connectivity index (χ0v) is 18.8. The topological polar surface area (TPSA) is 8.17 Å². The second-order valence-electron chi connectivity index (χ2n) is 9.55. The maximum Gasteiger partial charge on any atom is 0.0559 e. The molecule has 1 unspecified atom stereocenters. The van der Waals surface area contributed by atoms with Crippen molar-refractivity contribution < 1.29 is 0 Å². The average Bonchev–Trinajstić information content (AvgIpc) is 3.10. The molecular weight excluding hydrogens is 376 g/mol. The first-order valence-corrected chi connectivity index (χ1v) is 11.2. The van der Waals surface area contributed by atoms with E-state index in [1.165, 1.54) is 38.7 Å². The van der Waals surface area contributed by atoms with E-state index in [9.17, 15) is 0 Å². The first-order valence-electron chi connectivity index (χ1n) is 11.2. The van der Waals surface area contributed by atoms with Crippen molar-refractivity contribution in [2.45, 2.75) is 45.7 Å². The summed E-state index contributed by atoms with van der Waals surface area (Å²) < 4.78 is 2.47. The minimum atomic E-state index is 0.0103. The van der Waals surface area contributed by atoms with Gasteiger partial charge in [-0.3, -0.25) is 0 Å². The molecule has 156 valence electrons. The van der Waals surface area contributed by atoms with Crippen molar-refractivity contribution in [1.29, 1.82) is 0 Å². The highest BCUT2D eigenvalue weighted by molar-refractivity contribution is 6.09. The number of hydrogen-bond donors (Lipinski definition) is 0. The number of benzene rings is 3. The lowest BCUT2D eigenvalue weighted by Crippen LogP contribution is -2.29. The highest BCUT2D eigenvalue weighted by Crippen LogP contribution is 2.38.